The Morgan fingerprint density at radius 2 is 1.79 bits per heavy atom. The van der Waals surface area contributed by atoms with E-state index in [1.165, 1.54) is 31.2 Å². The SMILES string of the molecule is CN1C(=O)C(CN2CCC3(CCc4ccccc43)CC2)Cc2cccc(O)c21. The van der Waals surface area contributed by atoms with Gasteiger partial charge in [-0.05, 0) is 73.4 Å². The molecule has 5 rings (SSSR count). The van der Waals surface area contributed by atoms with Crippen LogP contribution in [0.2, 0.25) is 0 Å². The Bertz CT molecular complexity index is 915. The summed E-state index contributed by atoms with van der Waals surface area (Å²) in [6.07, 6.45) is 5.59. The summed E-state index contributed by atoms with van der Waals surface area (Å²) in [6, 6.07) is 14.5. The van der Waals surface area contributed by atoms with Gasteiger partial charge in [0, 0.05) is 13.6 Å². The maximum atomic E-state index is 12.9. The Labute approximate surface area is 166 Å². The van der Waals surface area contributed by atoms with Crippen molar-refractivity contribution >= 4 is 11.6 Å². The van der Waals surface area contributed by atoms with Gasteiger partial charge in [-0.15, -0.1) is 0 Å². The Morgan fingerprint density at radius 1 is 1.04 bits per heavy atom. The fraction of sp³-hybridized carbons (Fsp3) is 0.458. The normalized spacial score (nSPS) is 23.7. The molecular weight excluding hydrogens is 348 g/mol. The van der Waals surface area contributed by atoms with Gasteiger partial charge in [0.05, 0.1) is 11.6 Å². The van der Waals surface area contributed by atoms with Gasteiger partial charge in [0.2, 0.25) is 5.91 Å². The minimum atomic E-state index is -0.0239. The van der Waals surface area contributed by atoms with Crippen LogP contribution >= 0.6 is 0 Å². The van der Waals surface area contributed by atoms with Gasteiger partial charge < -0.3 is 14.9 Å². The van der Waals surface area contributed by atoms with Gasteiger partial charge in [-0.2, -0.15) is 0 Å². The van der Waals surface area contributed by atoms with Crippen LogP contribution in [0, 0.1) is 5.92 Å². The van der Waals surface area contributed by atoms with Gasteiger partial charge in [-0.3, -0.25) is 4.79 Å². The molecule has 2 aromatic carbocycles. The summed E-state index contributed by atoms with van der Waals surface area (Å²) < 4.78 is 0. The number of phenols is 1. The third kappa shape index (κ3) is 2.74. The van der Waals surface area contributed by atoms with E-state index in [9.17, 15) is 9.90 Å². The van der Waals surface area contributed by atoms with Crippen molar-refractivity contribution in [2.45, 2.75) is 37.5 Å². The number of hydrogen-bond donors (Lipinski definition) is 1. The van der Waals surface area contributed by atoms with Crippen LogP contribution in [0.3, 0.4) is 0 Å². The highest BCUT2D eigenvalue weighted by Crippen LogP contribution is 2.46. The van der Waals surface area contributed by atoms with Crippen molar-refractivity contribution < 1.29 is 9.90 Å². The first-order valence-corrected chi connectivity index (χ1v) is 10.5. The van der Waals surface area contributed by atoms with E-state index in [4.69, 9.17) is 0 Å². The van der Waals surface area contributed by atoms with Crippen molar-refractivity contribution in [2.75, 3.05) is 31.6 Å². The largest absolute Gasteiger partial charge is 0.506 e. The van der Waals surface area contributed by atoms with Crippen molar-refractivity contribution in [1.82, 2.24) is 4.90 Å². The number of hydrogen-bond acceptors (Lipinski definition) is 3. The number of benzene rings is 2. The first kappa shape index (κ1) is 17.7. The van der Waals surface area contributed by atoms with E-state index in [0.717, 1.165) is 31.6 Å². The number of piperidine rings is 1. The molecule has 0 bridgehead atoms. The number of anilines is 1. The topological polar surface area (TPSA) is 43.8 Å². The fourth-order valence-electron chi connectivity index (χ4n) is 5.77. The summed E-state index contributed by atoms with van der Waals surface area (Å²) in [5.74, 6) is 0.302. The smallest absolute Gasteiger partial charge is 0.231 e. The highest BCUT2D eigenvalue weighted by molar-refractivity contribution is 5.99. The average molecular weight is 377 g/mol. The lowest BCUT2D eigenvalue weighted by molar-refractivity contribution is -0.123. The molecule has 2 aromatic rings. The summed E-state index contributed by atoms with van der Waals surface area (Å²) in [4.78, 5) is 17.0. The number of aromatic hydroxyl groups is 1. The number of fused-ring (bicyclic) bond motifs is 3. The zero-order valence-electron chi connectivity index (χ0n) is 16.5. The van der Waals surface area contributed by atoms with Gasteiger partial charge in [-0.1, -0.05) is 36.4 Å². The minimum absolute atomic E-state index is 0.0239. The number of nitrogens with zero attached hydrogens (tertiary/aromatic N) is 2. The molecule has 0 aromatic heterocycles. The molecule has 1 spiro atoms. The predicted molar refractivity (Wildman–Crippen MR) is 111 cm³/mol. The molecule has 1 N–H and O–H groups in total. The molecule has 28 heavy (non-hydrogen) atoms. The van der Waals surface area contributed by atoms with Crippen LogP contribution in [-0.4, -0.2) is 42.6 Å². The van der Waals surface area contributed by atoms with Crippen LogP contribution in [0.25, 0.3) is 0 Å². The lowest BCUT2D eigenvalue weighted by Gasteiger charge is -2.42. The molecular formula is C24H28N2O2. The number of aryl methyl sites for hydroxylation is 1. The molecule has 1 unspecified atom stereocenters. The number of carbonyl (C=O) groups is 1. The lowest BCUT2D eigenvalue weighted by Crippen LogP contribution is -2.48. The van der Waals surface area contributed by atoms with Gasteiger partial charge in [0.15, 0.2) is 0 Å². The lowest BCUT2D eigenvalue weighted by atomic mass is 9.73. The van der Waals surface area contributed by atoms with E-state index >= 15 is 0 Å². The molecule has 1 saturated heterocycles. The molecule has 0 radical (unpaired) electrons. The number of amides is 1. The molecule has 146 valence electrons. The molecule has 2 aliphatic heterocycles. The molecule has 2 heterocycles. The van der Waals surface area contributed by atoms with Gasteiger partial charge in [-0.25, -0.2) is 0 Å². The van der Waals surface area contributed by atoms with E-state index in [1.807, 2.05) is 12.1 Å². The molecule has 1 fully saturated rings. The van der Waals surface area contributed by atoms with Crippen LogP contribution in [0.15, 0.2) is 42.5 Å². The minimum Gasteiger partial charge on any atom is -0.506 e. The maximum Gasteiger partial charge on any atom is 0.231 e. The van der Waals surface area contributed by atoms with Crippen LogP contribution in [0.1, 0.15) is 36.0 Å². The highest BCUT2D eigenvalue weighted by atomic mass is 16.3. The number of phenolic OH excluding ortho intramolecular Hbond substituents is 1. The number of likely N-dealkylation sites (tertiary alicyclic amines) is 1. The molecule has 3 aliphatic rings. The zero-order valence-corrected chi connectivity index (χ0v) is 16.5. The van der Waals surface area contributed by atoms with Gasteiger partial charge >= 0.3 is 0 Å². The Balaban J connectivity index is 1.28. The summed E-state index contributed by atoms with van der Waals surface area (Å²) >= 11 is 0. The Kier molecular flexibility index (Phi) is 4.20. The van der Waals surface area contributed by atoms with Crippen LogP contribution in [-0.2, 0) is 23.1 Å². The summed E-state index contributed by atoms with van der Waals surface area (Å²) in [7, 11) is 1.79. The molecule has 1 atom stereocenters. The fourth-order valence-corrected chi connectivity index (χ4v) is 5.77. The molecule has 4 heteroatoms. The molecule has 1 aliphatic carbocycles. The predicted octanol–water partition coefficient (Wildman–Crippen LogP) is 3.51. The van der Waals surface area contributed by atoms with E-state index in [0.29, 0.717) is 11.1 Å². The molecule has 4 nitrogen and oxygen atoms in total. The standard InChI is InChI=1S/C24H28N2O2/c1-25-22-18(6-4-8-21(22)27)15-19(23(25)28)16-26-13-11-24(12-14-26)10-9-17-5-2-3-7-20(17)24/h2-8,19,27H,9-16H2,1H3. The van der Waals surface area contributed by atoms with Crippen molar-refractivity contribution in [3.63, 3.8) is 0 Å². The molecule has 0 saturated carbocycles. The summed E-state index contributed by atoms with van der Waals surface area (Å²) in [5, 5.41) is 10.1. The summed E-state index contributed by atoms with van der Waals surface area (Å²) in [5.41, 5.74) is 5.23. The van der Waals surface area contributed by atoms with Gasteiger partial charge in [0.25, 0.3) is 0 Å². The van der Waals surface area contributed by atoms with E-state index in [-0.39, 0.29) is 17.6 Å². The quantitative estimate of drug-likeness (QED) is 0.872. The van der Waals surface area contributed by atoms with Crippen LogP contribution in [0.5, 0.6) is 5.75 Å². The first-order valence-electron chi connectivity index (χ1n) is 10.5. The van der Waals surface area contributed by atoms with Crippen molar-refractivity contribution in [1.29, 1.82) is 0 Å². The van der Waals surface area contributed by atoms with E-state index in [1.54, 1.807) is 23.6 Å². The Morgan fingerprint density at radius 3 is 2.61 bits per heavy atom. The van der Waals surface area contributed by atoms with Gasteiger partial charge in [0.1, 0.15) is 5.75 Å². The Hall–Kier alpha value is -2.33. The summed E-state index contributed by atoms with van der Waals surface area (Å²) in [6.45, 7) is 2.94. The average Bonchev–Trinajstić information content (AvgIpc) is 3.06. The third-order valence-corrected chi connectivity index (χ3v) is 7.33. The number of rotatable bonds is 2. The van der Waals surface area contributed by atoms with Crippen LogP contribution in [0.4, 0.5) is 5.69 Å². The zero-order chi connectivity index (χ0) is 19.3. The monoisotopic (exact) mass is 376 g/mol. The molecule has 1 amide bonds. The van der Waals surface area contributed by atoms with E-state index < -0.39 is 0 Å². The second kappa shape index (κ2) is 6.63. The first-order chi connectivity index (χ1) is 13.6. The van der Waals surface area contributed by atoms with E-state index in [2.05, 4.69) is 29.2 Å². The van der Waals surface area contributed by atoms with Crippen LogP contribution < -0.4 is 4.90 Å². The second-order valence-corrected chi connectivity index (χ2v) is 8.82. The number of para-hydroxylation sites is 1. The van der Waals surface area contributed by atoms with Crippen molar-refractivity contribution in [3.05, 3.63) is 59.2 Å². The second-order valence-electron chi connectivity index (χ2n) is 8.82. The third-order valence-electron chi connectivity index (χ3n) is 7.33. The number of carbonyl (C=O) groups excluding carboxylic acids is 1. The van der Waals surface area contributed by atoms with Crippen molar-refractivity contribution in [3.8, 4) is 5.75 Å². The highest BCUT2D eigenvalue weighted by Gasteiger charge is 2.42. The van der Waals surface area contributed by atoms with Crippen molar-refractivity contribution in [2.24, 2.45) is 5.92 Å². The maximum absolute atomic E-state index is 12.9.